The number of anilines is 3. The summed E-state index contributed by atoms with van der Waals surface area (Å²) in [4.78, 5) is 40.2. The lowest BCUT2D eigenvalue weighted by Gasteiger charge is -2.33. The molecule has 2 heterocycles. The number of carbonyl (C=O) groups excluding carboxylic acids is 3. The Labute approximate surface area is 187 Å². The second-order valence-corrected chi connectivity index (χ2v) is 8.23. The third kappa shape index (κ3) is 4.69. The summed E-state index contributed by atoms with van der Waals surface area (Å²) in [6, 6.07) is 15.0. The van der Waals surface area contributed by atoms with Crippen molar-refractivity contribution in [3.63, 3.8) is 0 Å². The lowest BCUT2D eigenvalue weighted by molar-refractivity contribution is -0.125. The normalized spacial score (nSPS) is 18.7. The Morgan fingerprint density at radius 2 is 1.78 bits per heavy atom. The van der Waals surface area contributed by atoms with Crippen molar-refractivity contribution in [1.82, 2.24) is 0 Å². The van der Waals surface area contributed by atoms with E-state index in [1.165, 1.54) is 0 Å². The van der Waals surface area contributed by atoms with Crippen molar-refractivity contribution < 1.29 is 19.1 Å². The predicted molar refractivity (Wildman–Crippen MR) is 123 cm³/mol. The van der Waals surface area contributed by atoms with E-state index in [9.17, 15) is 14.4 Å². The van der Waals surface area contributed by atoms with E-state index in [0.717, 1.165) is 31.6 Å². The first kappa shape index (κ1) is 21.7. The van der Waals surface area contributed by atoms with Crippen LogP contribution in [0, 0.1) is 5.92 Å². The average Bonchev–Trinajstić information content (AvgIpc) is 2.80. The number of amides is 3. The third-order valence-electron chi connectivity index (χ3n) is 6.05. The maximum atomic E-state index is 12.5. The highest BCUT2D eigenvalue weighted by atomic mass is 16.5. The Morgan fingerprint density at radius 3 is 2.47 bits per heavy atom. The van der Waals surface area contributed by atoms with E-state index in [1.807, 2.05) is 48.5 Å². The average molecular weight is 437 g/mol. The number of fused-ring (bicyclic) bond motifs is 1. The third-order valence-corrected chi connectivity index (χ3v) is 6.05. The summed E-state index contributed by atoms with van der Waals surface area (Å²) in [5.41, 5.74) is 7.84. The van der Waals surface area contributed by atoms with E-state index < -0.39 is 6.10 Å². The van der Waals surface area contributed by atoms with Gasteiger partial charge in [-0.05, 0) is 56.2 Å². The maximum Gasteiger partial charge on any atom is 0.267 e. The van der Waals surface area contributed by atoms with Crippen molar-refractivity contribution in [1.29, 1.82) is 0 Å². The molecule has 32 heavy (non-hydrogen) atoms. The van der Waals surface area contributed by atoms with Crippen molar-refractivity contribution in [2.75, 3.05) is 34.8 Å². The number of carbonyl (C=O) groups is 3. The Bertz CT molecular complexity index is 999. The first-order chi connectivity index (χ1) is 15.4. The number of benzene rings is 2. The molecule has 1 saturated heterocycles. The number of ether oxygens (including phenoxy) is 1. The molecule has 0 aliphatic carbocycles. The molecule has 1 atom stereocenters. The van der Waals surface area contributed by atoms with Crippen molar-refractivity contribution in [3.8, 4) is 5.75 Å². The zero-order valence-electron chi connectivity index (χ0n) is 18.1. The van der Waals surface area contributed by atoms with Crippen molar-refractivity contribution in [2.45, 2.75) is 32.3 Å². The summed E-state index contributed by atoms with van der Waals surface area (Å²) in [6.45, 7) is 3.56. The maximum absolute atomic E-state index is 12.5. The van der Waals surface area contributed by atoms with Gasteiger partial charge in [0, 0.05) is 43.3 Å². The van der Waals surface area contributed by atoms with Gasteiger partial charge >= 0.3 is 0 Å². The van der Waals surface area contributed by atoms with E-state index in [2.05, 4.69) is 10.2 Å². The van der Waals surface area contributed by atoms with E-state index in [4.69, 9.17) is 10.5 Å². The Balaban J connectivity index is 1.31. The highest BCUT2D eigenvalue weighted by Crippen LogP contribution is 2.33. The molecule has 3 amide bonds. The Morgan fingerprint density at radius 1 is 1.09 bits per heavy atom. The fourth-order valence-corrected chi connectivity index (χ4v) is 4.20. The fraction of sp³-hybridized carbons (Fsp3) is 0.375. The number of nitrogens with zero attached hydrogens (tertiary/aromatic N) is 2. The quantitative estimate of drug-likeness (QED) is 0.724. The smallest absolute Gasteiger partial charge is 0.267 e. The Kier molecular flexibility index (Phi) is 6.30. The minimum Gasteiger partial charge on any atom is -0.479 e. The van der Waals surface area contributed by atoms with Gasteiger partial charge in [0.25, 0.3) is 5.91 Å². The zero-order chi connectivity index (χ0) is 22.7. The molecule has 0 aromatic heterocycles. The number of nitrogens with two attached hydrogens (primary N) is 1. The summed E-state index contributed by atoms with van der Waals surface area (Å²) >= 11 is 0. The van der Waals surface area contributed by atoms with Gasteiger partial charge in [-0.15, -0.1) is 0 Å². The van der Waals surface area contributed by atoms with Crippen molar-refractivity contribution in [2.24, 2.45) is 11.7 Å². The molecule has 2 aliphatic heterocycles. The molecule has 1 unspecified atom stereocenters. The van der Waals surface area contributed by atoms with Crippen LogP contribution >= 0.6 is 0 Å². The number of primary amides is 1. The molecular formula is C24H28N4O4. The van der Waals surface area contributed by atoms with Crippen LogP contribution in [0.1, 0.15) is 26.2 Å². The summed E-state index contributed by atoms with van der Waals surface area (Å²) < 4.78 is 5.64. The van der Waals surface area contributed by atoms with Gasteiger partial charge in [0.1, 0.15) is 5.75 Å². The van der Waals surface area contributed by atoms with Crippen molar-refractivity contribution >= 4 is 34.8 Å². The second kappa shape index (κ2) is 9.30. The highest BCUT2D eigenvalue weighted by Gasteiger charge is 2.31. The van der Waals surface area contributed by atoms with Crippen LogP contribution in [0.4, 0.5) is 17.1 Å². The van der Waals surface area contributed by atoms with Crippen molar-refractivity contribution in [3.05, 3.63) is 48.5 Å². The van der Waals surface area contributed by atoms with Crippen LogP contribution < -0.4 is 25.6 Å². The van der Waals surface area contributed by atoms with Crippen LogP contribution in [0.5, 0.6) is 5.75 Å². The van der Waals surface area contributed by atoms with E-state index >= 15 is 0 Å². The molecule has 0 saturated carbocycles. The number of rotatable bonds is 6. The second-order valence-electron chi connectivity index (χ2n) is 8.23. The van der Waals surface area contributed by atoms with Gasteiger partial charge in [0.05, 0.1) is 5.69 Å². The van der Waals surface area contributed by atoms with Crippen LogP contribution in [0.15, 0.2) is 48.5 Å². The SMILES string of the molecule is CC1Oc2ccccc2N(CCC(=O)Nc2ccc(N3CCC(C(N)=O)CC3)cc2)C1=O. The zero-order valence-corrected chi connectivity index (χ0v) is 18.1. The first-order valence-electron chi connectivity index (χ1n) is 10.9. The van der Waals surface area contributed by atoms with Crippen LogP contribution in [-0.4, -0.2) is 43.5 Å². The molecule has 0 bridgehead atoms. The minimum atomic E-state index is -0.575. The van der Waals surface area contributed by atoms with Crippen LogP contribution in [-0.2, 0) is 14.4 Å². The lowest BCUT2D eigenvalue weighted by Crippen LogP contribution is -2.45. The number of para-hydroxylation sites is 2. The van der Waals surface area contributed by atoms with Crippen LogP contribution in [0.3, 0.4) is 0 Å². The number of piperidine rings is 1. The minimum absolute atomic E-state index is 0.0434. The van der Waals surface area contributed by atoms with E-state index in [0.29, 0.717) is 17.1 Å². The first-order valence-corrected chi connectivity index (χ1v) is 10.9. The molecule has 1 fully saturated rings. The van der Waals surface area contributed by atoms with Gasteiger partial charge in [-0.25, -0.2) is 0 Å². The standard InChI is InChI=1S/C24H28N4O4/c1-16-24(31)28(20-4-2-3-5-21(20)32-16)15-12-22(29)26-18-6-8-19(9-7-18)27-13-10-17(11-14-27)23(25)30/h2-9,16-17H,10-15H2,1H3,(H2,25,30)(H,26,29). The highest BCUT2D eigenvalue weighted by molar-refractivity contribution is 6.00. The van der Waals surface area contributed by atoms with E-state index in [1.54, 1.807) is 11.8 Å². The number of hydrogen-bond donors (Lipinski definition) is 2. The molecule has 168 valence electrons. The molecule has 4 rings (SSSR count). The van der Waals surface area contributed by atoms with E-state index in [-0.39, 0.29) is 36.6 Å². The lowest BCUT2D eigenvalue weighted by atomic mass is 9.96. The molecular weight excluding hydrogens is 408 g/mol. The summed E-state index contributed by atoms with van der Waals surface area (Å²) in [7, 11) is 0. The Hall–Kier alpha value is -3.55. The van der Waals surface area contributed by atoms with Gasteiger partial charge in [-0.3, -0.25) is 14.4 Å². The number of nitrogens with one attached hydrogen (secondary N) is 1. The molecule has 0 spiro atoms. The molecule has 2 aromatic carbocycles. The fourth-order valence-electron chi connectivity index (χ4n) is 4.20. The topological polar surface area (TPSA) is 105 Å². The van der Waals surface area contributed by atoms with Crippen LogP contribution in [0.2, 0.25) is 0 Å². The predicted octanol–water partition coefficient (Wildman–Crippen LogP) is 2.53. The van der Waals surface area contributed by atoms with Gasteiger partial charge < -0.3 is 25.6 Å². The monoisotopic (exact) mass is 436 g/mol. The molecule has 3 N–H and O–H groups in total. The molecule has 8 heteroatoms. The van der Waals surface area contributed by atoms with Gasteiger partial charge in [-0.2, -0.15) is 0 Å². The summed E-state index contributed by atoms with van der Waals surface area (Å²) in [6.07, 6.45) is 1.12. The summed E-state index contributed by atoms with van der Waals surface area (Å²) in [5.74, 6) is 0.0680. The molecule has 2 aliphatic rings. The molecule has 8 nitrogen and oxygen atoms in total. The van der Waals surface area contributed by atoms with Gasteiger partial charge in [-0.1, -0.05) is 12.1 Å². The summed E-state index contributed by atoms with van der Waals surface area (Å²) in [5, 5.41) is 2.90. The molecule has 0 radical (unpaired) electrons. The van der Waals surface area contributed by atoms with Crippen LogP contribution in [0.25, 0.3) is 0 Å². The van der Waals surface area contributed by atoms with Gasteiger partial charge in [0.2, 0.25) is 11.8 Å². The number of hydrogen-bond acceptors (Lipinski definition) is 5. The molecule has 2 aromatic rings. The largest absolute Gasteiger partial charge is 0.479 e. The van der Waals surface area contributed by atoms with Gasteiger partial charge in [0.15, 0.2) is 6.10 Å².